The Balaban J connectivity index is 0.00000288. The third-order valence-corrected chi connectivity index (χ3v) is 4.26. The molecule has 24 heavy (non-hydrogen) atoms. The van der Waals surface area contributed by atoms with Crippen LogP contribution in [-0.4, -0.2) is 33.8 Å². The zero-order valence-corrected chi connectivity index (χ0v) is 17.3. The Morgan fingerprint density at radius 1 is 1.21 bits per heavy atom. The first-order valence-corrected chi connectivity index (χ1v) is 7.90. The number of aliphatic imine (C=N–C) groups is 1. The summed E-state index contributed by atoms with van der Waals surface area (Å²) in [6.45, 7) is 6.90. The number of hydrogen-bond acceptors (Lipinski definition) is 3. The van der Waals surface area contributed by atoms with Gasteiger partial charge in [-0.25, -0.2) is 0 Å². The van der Waals surface area contributed by atoms with Crippen LogP contribution >= 0.6 is 24.0 Å². The van der Waals surface area contributed by atoms with E-state index in [4.69, 9.17) is 0 Å². The maximum Gasteiger partial charge on any atom is 0.191 e. The number of halogens is 1. The molecule has 0 amide bonds. The van der Waals surface area contributed by atoms with Crippen molar-refractivity contribution in [1.82, 2.24) is 25.4 Å². The molecule has 0 saturated carbocycles. The molecule has 0 spiro atoms. The lowest BCUT2D eigenvalue weighted by Gasteiger charge is -2.24. The summed E-state index contributed by atoms with van der Waals surface area (Å²) in [4.78, 5) is 4.29. The Morgan fingerprint density at radius 2 is 1.88 bits per heavy atom. The van der Waals surface area contributed by atoms with Crippen LogP contribution in [0.3, 0.4) is 0 Å². The Labute approximate surface area is 161 Å². The summed E-state index contributed by atoms with van der Waals surface area (Å²) in [5.41, 5.74) is 1.31. The zero-order chi connectivity index (χ0) is 16.8. The van der Waals surface area contributed by atoms with Crippen molar-refractivity contribution in [3.63, 3.8) is 0 Å². The van der Waals surface area contributed by atoms with Crippen LogP contribution in [0, 0.1) is 6.92 Å². The van der Waals surface area contributed by atoms with Crippen molar-refractivity contribution in [2.45, 2.75) is 39.3 Å². The molecule has 6 nitrogen and oxygen atoms in total. The minimum atomic E-state index is 0. The molecule has 7 heteroatoms. The maximum absolute atomic E-state index is 4.29. The summed E-state index contributed by atoms with van der Waals surface area (Å²) < 4.78 is 1.97. The van der Waals surface area contributed by atoms with E-state index in [9.17, 15) is 0 Å². The standard InChI is InChI=1S/C17H26N6.HI/c1-12(15-9-7-6-8-10-15)13(2)20-17(18-4)19-11-16-22-21-14(3)23(16)5;/h6-10,12-13H,11H2,1-5H3,(H2,18,19,20);1H. The van der Waals surface area contributed by atoms with E-state index in [2.05, 4.69) is 63.9 Å². The first-order chi connectivity index (χ1) is 11.0. The minimum Gasteiger partial charge on any atom is -0.353 e. The summed E-state index contributed by atoms with van der Waals surface area (Å²) in [6, 6.07) is 10.7. The Morgan fingerprint density at radius 3 is 2.42 bits per heavy atom. The van der Waals surface area contributed by atoms with Gasteiger partial charge in [0.05, 0.1) is 6.54 Å². The molecule has 1 heterocycles. The molecule has 0 radical (unpaired) electrons. The quantitative estimate of drug-likeness (QED) is 0.425. The van der Waals surface area contributed by atoms with Gasteiger partial charge in [-0.2, -0.15) is 0 Å². The van der Waals surface area contributed by atoms with Crippen molar-refractivity contribution in [2.24, 2.45) is 12.0 Å². The summed E-state index contributed by atoms with van der Waals surface area (Å²) in [7, 11) is 3.74. The van der Waals surface area contributed by atoms with E-state index in [1.165, 1.54) is 5.56 Å². The van der Waals surface area contributed by atoms with Gasteiger partial charge in [-0.1, -0.05) is 37.3 Å². The molecule has 0 fully saturated rings. The molecule has 0 saturated heterocycles. The highest BCUT2D eigenvalue weighted by molar-refractivity contribution is 14.0. The van der Waals surface area contributed by atoms with Crippen molar-refractivity contribution in [3.05, 3.63) is 47.5 Å². The van der Waals surface area contributed by atoms with Crippen LogP contribution in [0.4, 0.5) is 0 Å². The van der Waals surface area contributed by atoms with Gasteiger partial charge in [0.25, 0.3) is 0 Å². The van der Waals surface area contributed by atoms with E-state index >= 15 is 0 Å². The molecule has 0 aliphatic rings. The highest BCUT2D eigenvalue weighted by Crippen LogP contribution is 2.18. The fourth-order valence-electron chi connectivity index (χ4n) is 2.35. The predicted octanol–water partition coefficient (Wildman–Crippen LogP) is 2.60. The monoisotopic (exact) mass is 442 g/mol. The largest absolute Gasteiger partial charge is 0.353 e. The number of nitrogens with one attached hydrogen (secondary N) is 2. The maximum atomic E-state index is 4.29. The number of benzene rings is 1. The molecule has 0 aliphatic heterocycles. The van der Waals surface area contributed by atoms with Crippen LogP contribution in [0.5, 0.6) is 0 Å². The van der Waals surface area contributed by atoms with Crippen molar-refractivity contribution >= 4 is 29.9 Å². The second-order valence-corrected chi connectivity index (χ2v) is 5.78. The molecule has 1 aromatic carbocycles. The van der Waals surface area contributed by atoms with Gasteiger partial charge in [-0.15, -0.1) is 34.2 Å². The van der Waals surface area contributed by atoms with Crippen LogP contribution in [0.2, 0.25) is 0 Å². The third-order valence-electron chi connectivity index (χ3n) is 4.26. The molecule has 2 aromatic rings. The van der Waals surface area contributed by atoms with Crippen LogP contribution in [0.25, 0.3) is 0 Å². The highest BCUT2D eigenvalue weighted by Gasteiger charge is 2.15. The molecular weight excluding hydrogens is 415 g/mol. The minimum absolute atomic E-state index is 0. The van der Waals surface area contributed by atoms with Crippen LogP contribution in [-0.2, 0) is 13.6 Å². The van der Waals surface area contributed by atoms with Gasteiger partial charge < -0.3 is 15.2 Å². The number of aryl methyl sites for hydroxylation is 1. The van der Waals surface area contributed by atoms with Gasteiger partial charge >= 0.3 is 0 Å². The number of aromatic nitrogens is 3. The summed E-state index contributed by atoms with van der Waals surface area (Å²) in [6.07, 6.45) is 0. The Hall–Kier alpha value is -1.64. The van der Waals surface area contributed by atoms with Crippen LogP contribution < -0.4 is 10.6 Å². The summed E-state index contributed by atoms with van der Waals surface area (Å²) in [5.74, 6) is 2.93. The smallest absolute Gasteiger partial charge is 0.191 e. The fourth-order valence-corrected chi connectivity index (χ4v) is 2.35. The second-order valence-electron chi connectivity index (χ2n) is 5.78. The first kappa shape index (κ1) is 20.4. The first-order valence-electron chi connectivity index (χ1n) is 7.90. The SMILES string of the molecule is CN=C(NCc1nnc(C)n1C)NC(C)C(C)c1ccccc1.I. The number of nitrogens with zero attached hydrogens (tertiary/aromatic N) is 4. The zero-order valence-electron chi connectivity index (χ0n) is 14.9. The molecule has 0 bridgehead atoms. The molecule has 2 rings (SSSR count). The molecule has 2 unspecified atom stereocenters. The number of hydrogen-bond donors (Lipinski definition) is 2. The average molecular weight is 442 g/mol. The molecule has 1 aromatic heterocycles. The lowest BCUT2D eigenvalue weighted by molar-refractivity contribution is 0.548. The lowest BCUT2D eigenvalue weighted by Crippen LogP contribution is -2.44. The Kier molecular flexibility index (Phi) is 8.17. The van der Waals surface area contributed by atoms with Gasteiger partial charge in [0.2, 0.25) is 0 Å². The van der Waals surface area contributed by atoms with Gasteiger partial charge in [0.1, 0.15) is 5.82 Å². The normalized spacial score (nSPS) is 13.8. The van der Waals surface area contributed by atoms with E-state index < -0.39 is 0 Å². The number of rotatable bonds is 5. The average Bonchev–Trinajstić information content (AvgIpc) is 2.90. The molecule has 0 aliphatic carbocycles. The van der Waals surface area contributed by atoms with Gasteiger partial charge in [0, 0.05) is 26.1 Å². The Bertz CT molecular complexity index is 652. The molecular formula is C17H27IN6. The van der Waals surface area contributed by atoms with E-state index in [-0.39, 0.29) is 30.0 Å². The predicted molar refractivity (Wildman–Crippen MR) is 109 cm³/mol. The molecule has 2 N–H and O–H groups in total. The van der Waals surface area contributed by atoms with Gasteiger partial charge in [0.15, 0.2) is 11.8 Å². The summed E-state index contributed by atoms with van der Waals surface area (Å²) >= 11 is 0. The van der Waals surface area contributed by atoms with E-state index in [0.717, 1.165) is 17.6 Å². The summed E-state index contributed by atoms with van der Waals surface area (Å²) in [5, 5.41) is 14.9. The lowest BCUT2D eigenvalue weighted by atomic mass is 9.94. The second kappa shape index (κ2) is 9.61. The van der Waals surface area contributed by atoms with Crippen LogP contribution in [0.15, 0.2) is 35.3 Å². The molecule has 2 atom stereocenters. The molecule has 132 valence electrons. The fraction of sp³-hybridized carbons (Fsp3) is 0.471. The van der Waals surface area contributed by atoms with Crippen molar-refractivity contribution in [1.29, 1.82) is 0 Å². The van der Waals surface area contributed by atoms with Gasteiger partial charge in [-0.3, -0.25) is 4.99 Å². The van der Waals surface area contributed by atoms with E-state index in [0.29, 0.717) is 12.5 Å². The van der Waals surface area contributed by atoms with Crippen molar-refractivity contribution in [3.8, 4) is 0 Å². The van der Waals surface area contributed by atoms with Crippen molar-refractivity contribution < 1.29 is 0 Å². The third kappa shape index (κ3) is 5.19. The number of guanidine groups is 1. The highest BCUT2D eigenvalue weighted by atomic mass is 127. The van der Waals surface area contributed by atoms with E-state index in [1.807, 2.05) is 24.6 Å². The van der Waals surface area contributed by atoms with E-state index in [1.54, 1.807) is 7.05 Å². The topological polar surface area (TPSA) is 67.1 Å². The van der Waals surface area contributed by atoms with Gasteiger partial charge in [-0.05, 0) is 19.4 Å². The van der Waals surface area contributed by atoms with Crippen molar-refractivity contribution in [2.75, 3.05) is 7.05 Å². The van der Waals surface area contributed by atoms with Crippen LogP contribution in [0.1, 0.15) is 37.0 Å².